The molecule has 2 amide bonds. The summed E-state index contributed by atoms with van der Waals surface area (Å²) in [6.45, 7) is 0.684. The Hall–Kier alpha value is -2.15. The van der Waals surface area contributed by atoms with Gasteiger partial charge in [0.05, 0.1) is 14.2 Å². The molecule has 0 unspecified atom stereocenters. The molecule has 0 heterocycles. The highest BCUT2D eigenvalue weighted by Crippen LogP contribution is 2.34. The minimum atomic E-state index is -0.337. The lowest BCUT2D eigenvalue weighted by Gasteiger charge is -2.16. The molecular formula is C15H23ClN4O3. The second kappa shape index (κ2) is 9.09. The van der Waals surface area contributed by atoms with Gasteiger partial charge in [-0.25, -0.2) is 4.79 Å². The van der Waals surface area contributed by atoms with E-state index in [0.717, 1.165) is 0 Å². The molecule has 2 rings (SSSR count). The molecule has 0 spiro atoms. The summed E-state index contributed by atoms with van der Waals surface area (Å²) in [4.78, 5) is 16.0. The van der Waals surface area contributed by atoms with Gasteiger partial charge in [-0.3, -0.25) is 10.3 Å². The minimum absolute atomic E-state index is 0. The molecule has 0 saturated heterocycles. The van der Waals surface area contributed by atoms with E-state index in [0.29, 0.717) is 35.6 Å². The Morgan fingerprint density at radius 1 is 1.26 bits per heavy atom. The van der Waals surface area contributed by atoms with Crippen molar-refractivity contribution in [3.05, 3.63) is 18.2 Å². The second-order valence-corrected chi connectivity index (χ2v) is 5.00. The van der Waals surface area contributed by atoms with Crippen molar-refractivity contribution in [2.45, 2.75) is 12.8 Å². The standard InChI is InChI=1S/C15H22N4O3.ClH/c1-16-15(20)19-14(17-9-10-7-8-10)18-13-11(21-2)5-4-6-12(13)22-3;/h4-6,10H,7-9H2,1-3H3,(H3,16,17,18,19,20);1H. The molecule has 8 heteroatoms. The molecule has 1 saturated carbocycles. The van der Waals surface area contributed by atoms with Gasteiger partial charge in [0.1, 0.15) is 17.2 Å². The average Bonchev–Trinajstić information content (AvgIpc) is 3.36. The first-order valence-corrected chi connectivity index (χ1v) is 7.19. The number of aliphatic imine (C=N–C) groups is 1. The third-order valence-electron chi connectivity index (χ3n) is 3.33. The Kier molecular flexibility index (Phi) is 7.47. The zero-order valence-corrected chi connectivity index (χ0v) is 14.3. The molecule has 1 aliphatic rings. The summed E-state index contributed by atoms with van der Waals surface area (Å²) >= 11 is 0. The third kappa shape index (κ3) is 5.52. The predicted octanol–water partition coefficient (Wildman–Crippen LogP) is 2.23. The van der Waals surface area contributed by atoms with Crippen molar-refractivity contribution in [2.75, 3.05) is 33.1 Å². The number of nitrogens with zero attached hydrogens (tertiary/aromatic N) is 1. The number of carbonyl (C=O) groups is 1. The summed E-state index contributed by atoms with van der Waals surface area (Å²) in [6, 6.07) is 5.11. The maximum Gasteiger partial charge on any atom is 0.321 e. The Balaban J connectivity index is 0.00000264. The van der Waals surface area contributed by atoms with E-state index in [1.54, 1.807) is 21.3 Å². The van der Waals surface area contributed by atoms with Crippen molar-refractivity contribution in [3.8, 4) is 11.5 Å². The van der Waals surface area contributed by atoms with E-state index in [1.807, 2.05) is 18.2 Å². The number of para-hydroxylation sites is 1. The lowest BCUT2D eigenvalue weighted by atomic mass is 10.2. The first-order valence-electron chi connectivity index (χ1n) is 7.19. The Morgan fingerprint density at radius 2 is 1.87 bits per heavy atom. The monoisotopic (exact) mass is 342 g/mol. The van der Waals surface area contributed by atoms with Crippen molar-refractivity contribution < 1.29 is 14.3 Å². The number of anilines is 1. The van der Waals surface area contributed by atoms with Crippen LogP contribution in [0, 0.1) is 5.92 Å². The number of benzene rings is 1. The number of guanidine groups is 1. The highest BCUT2D eigenvalue weighted by molar-refractivity contribution is 6.05. The Bertz CT molecular complexity index is 539. The number of methoxy groups -OCH3 is 2. The molecule has 0 atom stereocenters. The van der Waals surface area contributed by atoms with Gasteiger partial charge in [0.15, 0.2) is 0 Å². The fourth-order valence-electron chi connectivity index (χ4n) is 1.89. The van der Waals surface area contributed by atoms with Crippen molar-refractivity contribution in [1.29, 1.82) is 0 Å². The number of nitrogens with one attached hydrogen (secondary N) is 3. The fourth-order valence-corrected chi connectivity index (χ4v) is 1.89. The number of carbonyl (C=O) groups excluding carboxylic acids is 1. The third-order valence-corrected chi connectivity index (χ3v) is 3.33. The van der Waals surface area contributed by atoms with E-state index in [9.17, 15) is 4.79 Å². The van der Waals surface area contributed by atoms with Crippen LogP contribution in [0.3, 0.4) is 0 Å². The van der Waals surface area contributed by atoms with Crippen LogP contribution >= 0.6 is 12.4 Å². The van der Waals surface area contributed by atoms with E-state index < -0.39 is 0 Å². The quantitative estimate of drug-likeness (QED) is 0.566. The number of rotatable bonds is 5. The second-order valence-electron chi connectivity index (χ2n) is 5.00. The largest absolute Gasteiger partial charge is 0.494 e. The number of amides is 2. The van der Waals surface area contributed by atoms with E-state index >= 15 is 0 Å². The van der Waals surface area contributed by atoms with Gasteiger partial charge in [-0.1, -0.05) is 6.07 Å². The summed E-state index contributed by atoms with van der Waals surface area (Å²) in [7, 11) is 4.71. The first kappa shape index (κ1) is 18.9. The smallest absolute Gasteiger partial charge is 0.321 e. The number of halogens is 1. The number of urea groups is 1. The highest BCUT2D eigenvalue weighted by Gasteiger charge is 2.21. The van der Waals surface area contributed by atoms with Crippen LogP contribution < -0.4 is 25.4 Å². The summed E-state index contributed by atoms with van der Waals surface area (Å²) < 4.78 is 10.7. The topological polar surface area (TPSA) is 84.0 Å². The molecule has 23 heavy (non-hydrogen) atoms. The van der Waals surface area contributed by atoms with Crippen LogP contribution in [0.15, 0.2) is 23.2 Å². The molecule has 1 aromatic rings. The van der Waals surface area contributed by atoms with Crippen LogP contribution in [0.4, 0.5) is 10.5 Å². The van der Waals surface area contributed by atoms with Crippen LogP contribution in [-0.4, -0.2) is 39.8 Å². The predicted molar refractivity (Wildman–Crippen MR) is 93.0 cm³/mol. The van der Waals surface area contributed by atoms with Crippen LogP contribution in [-0.2, 0) is 0 Å². The lowest BCUT2D eigenvalue weighted by Crippen LogP contribution is -2.41. The van der Waals surface area contributed by atoms with Crippen LogP contribution in [0.5, 0.6) is 11.5 Å². The SMILES string of the molecule is CNC(=O)NC(=NCC1CC1)Nc1c(OC)cccc1OC.Cl. The van der Waals surface area contributed by atoms with Gasteiger partial charge < -0.3 is 20.1 Å². The molecule has 128 valence electrons. The molecule has 3 N–H and O–H groups in total. The number of hydrogen-bond acceptors (Lipinski definition) is 4. The number of hydrogen-bond donors (Lipinski definition) is 3. The average molecular weight is 343 g/mol. The molecule has 0 aliphatic heterocycles. The van der Waals surface area contributed by atoms with Gasteiger partial charge >= 0.3 is 6.03 Å². The molecule has 1 aliphatic carbocycles. The van der Waals surface area contributed by atoms with Gasteiger partial charge in [0.25, 0.3) is 0 Å². The van der Waals surface area contributed by atoms with Gasteiger partial charge in [0, 0.05) is 13.6 Å². The zero-order chi connectivity index (χ0) is 15.9. The normalized spacial score (nSPS) is 13.6. The van der Waals surface area contributed by atoms with Gasteiger partial charge in [-0.05, 0) is 30.9 Å². The Labute approximate surface area is 142 Å². The molecule has 7 nitrogen and oxygen atoms in total. The van der Waals surface area contributed by atoms with Gasteiger partial charge in [-0.2, -0.15) is 0 Å². The van der Waals surface area contributed by atoms with Crippen LogP contribution in [0.2, 0.25) is 0 Å². The maximum absolute atomic E-state index is 11.6. The molecule has 0 bridgehead atoms. The highest BCUT2D eigenvalue weighted by atomic mass is 35.5. The minimum Gasteiger partial charge on any atom is -0.494 e. The molecule has 1 fully saturated rings. The summed E-state index contributed by atoms with van der Waals surface area (Å²) in [5.41, 5.74) is 0.624. The van der Waals surface area contributed by atoms with Gasteiger partial charge in [-0.15, -0.1) is 12.4 Å². The number of ether oxygens (including phenoxy) is 2. The fraction of sp³-hybridized carbons (Fsp3) is 0.467. The molecule has 0 aromatic heterocycles. The van der Waals surface area contributed by atoms with Crippen molar-refractivity contribution in [3.63, 3.8) is 0 Å². The van der Waals surface area contributed by atoms with E-state index in [1.165, 1.54) is 12.8 Å². The molecular weight excluding hydrogens is 320 g/mol. The summed E-state index contributed by atoms with van der Waals surface area (Å²) in [6.07, 6.45) is 2.38. The molecule has 1 aromatic carbocycles. The van der Waals surface area contributed by atoms with Crippen LogP contribution in [0.25, 0.3) is 0 Å². The zero-order valence-electron chi connectivity index (χ0n) is 13.5. The van der Waals surface area contributed by atoms with Gasteiger partial charge in [0.2, 0.25) is 5.96 Å². The van der Waals surface area contributed by atoms with E-state index in [-0.39, 0.29) is 18.4 Å². The van der Waals surface area contributed by atoms with E-state index in [2.05, 4.69) is 20.9 Å². The van der Waals surface area contributed by atoms with Crippen LogP contribution in [0.1, 0.15) is 12.8 Å². The van der Waals surface area contributed by atoms with Crippen molar-refractivity contribution in [2.24, 2.45) is 10.9 Å². The van der Waals surface area contributed by atoms with Crippen molar-refractivity contribution in [1.82, 2.24) is 10.6 Å². The maximum atomic E-state index is 11.6. The first-order chi connectivity index (χ1) is 10.7. The Morgan fingerprint density at radius 3 is 2.35 bits per heavy atom. The summed E-state index contributed by atoms with van der Waals surface area (Å²) in [5, 5.41) is 8.28. The lowest BCUT2D eigenvalue weighted by molar-refractivity contribution is 0.247. The summed E-state index contributed by atoms with van der Waals surface area (Å²) in [5.74, 6) is 2.20. The molecule has 0 radical (unpaired) electrons. The van der Waals surface area contributed by atoms with E-state index in [4.69, 9.17) is 9.47 Å². The van der Waals surface area contributed by atoms with Crippen molar-refractivity contribution >= 4 is 30.1 Å².